The average Bonchev–Trinajstić information content (AvgIpc) is 2.48. The number of carbonyl (C=O) groups is 1. The van der Waals surface area contributed by atoms with E-state index in [1.165, 1.54) is 0 Å². The zero-order valence-electron chi connectivity index (χ0n) is 11.4. The third-order valence-electron chi connectivity index (χ3n) is 2.87. The van der Waals surface area contributed by atoms with Gasteiger partial charge < -0.3 is 10.1 Å². The second-order valence-corrected chi connectivity index (χ2v) is 4.79. The fourth-order valence-corrected chi connectivity index (χ4v) is 2.01. The number of aryl methyl sites for hydroxylation is 1. The molecule has 0 bridgehead atoms. The quantitative estimate of drug-likeness (QED) is 0.934. The Labute approximate surface area is 127 Å². The van der Waals surface area contributed by atoms with E-state index in [4.69, 9.17) is 21.6 Å². The van der Waals surface area contributed by atoms with E-state index in [1.807, 2.05) is 13.0 Å². The van der Waals surface area contributed by atoms with Gasteiger partial charge in [0.1, 0.15) is 11.8 Å². The van der Waals surface area contributed by atoms with Gasteiger partial charge in [0.05, 0.1) is 5.69 Å². The number of amides is 1. The van der Waals surface area contributed by atoms with Gasteiger partial charge in [-0.1, -0.05) is 29.8 Å². The van der Waals surface area contributed by atoms with E-state index in [0.29, 0.717) is 22.0 Å². The summed E-state index contributed by atoms with van der Waals surface area (Å²) >= 11 is 5.92. The Kier molecular flexibility index (Phi) is 4.81. The first-order valence-corrected chi connectivity index (χ1v) is 6.66. The van der Waals surface area contributed by atoms with Crippen LogP contribution in [0.3, 0.4) is 0 Å². The SMILES string of the molecule is Cc1ccc(Cl)cc1C(=O)Nc1ccccc1OCC#N. The smallest absolute Gasteiger partial charge is 0.256 e. The summed E-state index contributed by atoms with van der Waals surface area (Å²) in [6.45, 7) is 1.76. The summed E-state index contributed by atoms with van der Waals surface area (Å²) in [5.41, 5.74) is 1.84. The molecule has 0 aliphatic heterocycles. The molecule has 0 unspecified atom stereocenters. The summed E-state index contributed by atoms with van der Waals surface area (Å²) in [5.74, 6) is 0.176. The maximum Gasteiger partial charge on any atom is 0.256 e. The largest absolute Gasteiger partial charge is 0.477 e. The summed E-state index contributed by atoms with van der Waals surface area (Å²) in [7, 11) is 0. The molecule has 106 valence electrons. The van der Waals surface area contributed by atoms with Gasteiger partial charge in [-0.3, -0.25) is 4.79 Å². The van der Waals surface area contributed by atoms with Gasteiger partial charge in [-0.05, 0) is 36.8 Å². The number of hydrogen-bond acceptors (Lipinski definition) is 3. The third-order valence-corrected chi connectivity index (χ3v) is 3.11. The molecule has 5 heteroatoms. The highest BCUT2D eigenvalue weighted by atomic mass is 35.5. The molecule has 0 saturated heterocycles. The van der Waals surface area contributed by atoms with Crippen molar-refractivity contribution in [2.24, 2.45) is 0 Å². The molecule has 4 nitrogen and oxygen atoms in total. The number of nitrogens with one attached hydrogen (secondary N) is 1. The molecule has 2 rings (SSSR count). The van der Waals surface area contributed by atoms with Gasteiger partial charge in [0.2, 0.25) is 0 Å². The van der Waals surface area contributed by atoms with Crippen LogP contribution in [0.1, 0.15) is 15.9 Å². The number of halogens is 1. The highest BCUT2D eigenvalue weighted by Gasteiger charge is 2.12. The van der Waals surface area contributed by atoms with Crippen molar-refractivity contribution in [3.63, 3.8) is 0 Å². The first-order chi connectivity index (χ1) is 10.1. The molecular formula is C16H13ClN2O2. The molecule has 2 aromatic rings. The van der Waals surface area contributed by atoms with Crippen LogP contribution < -0.4 is 10.1 Å². The van der Waals surface area contributed by atoms with Gasteiger partial charge in [-0.25, -0.2) is 0 Å². The van der Waals surface area contributed by atoms with Gasteiger partial charge in [0, 0.05) is 10.6 Å². The Balaban J connectivity index is 2.24. The maximum absolute atomic E-state index is 12.3. The van der Waals surface area contributed by atoms with Crippen LogP contribution in [0, 0.1) is 18.3 Å². The average molecular weight is 301 g/mol. The zero-order chi connectivity index (χ0) is 15.2. The van der Waals surface area contributed by atoms with E-state index in [0.717, 1.165) is 5.56 Å². The van der Waals surface area contributed by atoms with Crippen LogP contribution in [0.5, 0.6) is 5.75 Å². The van der Waals surface area contributed by atoms with Crippen molar-refractivity contribution >= 4 is 23.2 Å². The Morgan fingerprint density at radius 3 is 2.86 bits per heavy atom. The minimum absolute atomic E-state index is 0.0803. The molecule has 0 spiro atoms. The Hall–Kier alpha value is -2.51. The summed E-state index contributed by atoms with van der Waals surface area (Å²) in [6, 6.07) is 14.0. The van der Waals surface area contributed by atoms with Crippen molar-refractivity contribution < 1.29 is 9.53 Å². The van der Waals surface area contributed by atoms with Crippen molar-refractivity contribution in [1.29, 1.82) is 5.26 Å². The highest BCUT2D eigenvalue weighted by molar-refractivity contribution is 6.31. The summed E-state index contributed by atoms with van der Waals surface area (Å²) in [6.07, 6.45) is 0. The molecule has 0 aliphatic carbocycles. The number of anilines is 1. The van der Waals surface area contributed by atoms with Crippen molar-refractivity contribution in [3.05, 3.63) is 58.6 Å². The molecule has 0 saturated carbocycles. The van der Waals surface area contributed by atoms with Crippen molar-refractivity contribution in [2.75, 3.05) is 11.9 Å². The van der Waals surface area contributed by atoms with E-state index in [9.17, 15) is 4.79 Å². The number of rotatable bonds is 4. The number of nitriles is 1. The van der Waals surface area contributed by atoms with E-state index in [-0.39, 0.29) is 12.5 Å². The van der Waals surface area contributed by atoms with Crippen LogP contribution in [-0.2, 0) is 0 Å². The predicted octanol–water partition coefficient (Wildman–Crippen LogP) is 3.80. The zero-order valence-corrected chi connectivity index (χ0v) is 12.1. The van der Waals surface area contributed by atoms with E-state index in [2.05, 4.69) is 5.32 Å². The molecule has 0 aromatic heterocycles. The third kappa shape index (κ3) is 3.74. The molecule has 0 aliphatic rings. The summed E-state index contributed by atoms with van der Waals surface area (Å²) in [4.78, 5) is 12.3. The normalized spacial score (nSPS) is 9.76. The first-order valence-electron chi connectivity index (χ1n) is 6.28. The molecular weight excluding hydrogens is 288 g/mol. The van der Waals surface area contributed by atoms with Crippen LogP contribution in [0.25, 0.3) is 0 Å². The lowest BCUT2D eigenvalue weighted by atomic mass is 10.1. The van der Waals surface area contributed by atoms with Crippen molar-refractivity contribution in [1.82, 2.24) is 0 Å². The molecule has 0 fully saturated rings. The fourth-order valence-electron chi connectivity index (χ4n) is 1.83. The Morgan fingerprint density at radius 2 is 2.10 bits per heavy atom. The molecule has 0 heterocycles. The first kappa shape index (κ1) is 14.9. The number of benzene rings is 2. The van der Waals surface area contributed by atoms with Gasteiger partial charge >= 0.3 is 0 Å². The molecule has 21 heavy (non-hydrogen) atoms. The van der Waals surface area contributed by atoms with E-state index in [1.54, 1.807) is 42.5 Å². The summed E-state index contributed by atoms with van der Waals surface area (Å²) in [5, 5.41) is 11.8. The lowest BCUT2D eigenvalue weighted by Gasteiger charge is -2.12. The van der Waals surface area contributed by atoms with Gasteiger partial charge in [-0.2, -0.15) is 5.26 Å². The van der Waals surface area contributed by atoms with Crippen molar-refractivity contribution in [2.45, 2.75) is 6.92 Å². The lowest BCUT2D eigenvalue weighted by Crippen LogP contribution is -2.14. The van der Waals surface area contributed by atoms with E-state index >= 15 is 0 Å². The van der Waals surface area contributed by atoms with Gasteiger partial charge in [0.25, 0.3) is 5.91 Å². The van der Waals surface area contributed by atoms with Crippen LogP contribution in [0.4, 0.5) is 5.69 Å². The molecule has 0 atom stereocenters. The number of para-hydroxylation sites is 2. The standard InChI is InChI=1S/C16H13ClN2O2/c1-11-6-7-12(17)10-13(11)16(20)19-14-4-2-3-5-15(14)21-9-8-18/h2-7,10H,9H2,1H3,(H,19,20). The van der Waals surface area contributed by atoms with Crippen LogP contribution in [0.15, 0.2) is 42.5 Å². The minimum Gasteiger partial charge on any atom is -0.477 e. The number of carbonyl (C=O) groups excluding carboxylic acids is 1. The topological polar surface area (TPSA) is 62.1 Å². The Morgan fingerprint density at radius 1 is 1.33 bits per heavy atom. The maximum atomic E-state index is 12.3. The number of hydrogen-bond donors (Lipinski definition) is 1. The van der Waals surface area contributed by atoms with Gasteiger partial charge in [0.15, 0.2) is 6.61 Å². The highest BCUT2D eigenvalue weighted by Crippen LogP contribution is 2.25. The van der Waals surface area contributed by atoms with Crippen molar-refractivity contribution in [3.8, 4) is 11.8 Å². The lowest BCUT2D eigenvalue weighted by molar-refractivity contribution is 0.102. The monoisotopic (exact) mass is 300 g/mol. The molecule has 2 aromatic carbocycles. The second kappa shape index (κ2) is 6.78. The Bertz CT molecular complexity index is 708. The minimum atomic E-state index is -0.275. The fraction of sp³-hybridized carbons (Fsp3) is 0.125. The number of ether oxygens (including phenoxy) is 1. The predicted molar refractivity (Wildman–Crippen MR) is 81.7 cm³/mol. The van der Waals surface area contributed by atoms with Crippen LogP contribution in [-0.4, -0.2) is 12.5 Å². The van der Waals surface area contributed by atoms with E-state index < -0.39 is 0 Å². The molecule has 1 amide bonds. The molecule has 1 N–H and O–H groups in total. The summed E-state index contributed by atoms with van der Waals surface area (Å²) < 4.78 is 5.28. The second-order valence-electron chi connectivity index (χ2n) is 4.36. The van der Waals surface area contributed by atoms with Gasteiger partial charge in [-0.15, -0.1) is 0 Å². The van der Waals surface area contributed by atoms with Crippen LogP contribution >= 0.6 is 11.6 Å². The molecule has 0 radical (unpaired) electrons. The van der Waals surface area contributed by atoms with Crippen LogP contribution in [0.2, 0.25) is 5.02 Å². The number of nitrogens with zero attached hydrogens (tertiary/aromatic N) is 1.